The lowest BCUT2D eigenvalue weighted by Gasteiger charge is -2.39. The van der Waals surface area contributed by atoms with Crippen LogP contribution in [0.1, 0.15) is 45.1 Å². The van der Waals surface area contributed by atoms with Gasteiger partial charge in [0.15, 0.2) is 0 Å². The van der Waals surface area contributed by atoms with Crippen LogP contribution in [-0.4, -0.2) is 62.1 Å². The summed E-state index contributed by atoms with van der Waals surface area (Å²) in [5, 5.41) is 0. The molecule has 0 aliphatic carbocycles. The van der Waals surface area contributed by atoms with E-state index in [0.29, 0.717) is 12.0 Å². The van der Waals surface area contributed by atoms with Gasteiger partial charge in [-0.15, -0.1) is 11.8 Å². The Morgan fingerprint density at radius 3 is 2.74 bits per heavy atom. The number of carbonyl (C=O) groups is 1. The molecule has 27 heavy (non-hydrogen) atoms. The van der Waals surface area contributed by atoms with Crippen molar-refractivity contribution in [2.75, 3.05) is 49.3 Å². The van der Waals surface area contributed by atoms with Crippen LogP contribution < -0.4 is 9.80 Å². The van der Waals surface area contributed by atoms with Crippen LogP contribution in [-0.2, 0) is 4.74 Å². The molecule has 5 nitrogen and oxygen atoms in total. The number of likely N-dealkylation sites (tertiary alicyclic amines) is 1. The van der Waals surface area contributed by atoms with Crippen molar-refractivity contribution in [2.45, 2.75) is 56.1 Å². The molecule has 0 N–H and O–H groups in total. The highest BCUT2D eigenvalue weighted by atomic mass is 32.2. The van der Waals surface area contributed by atoms with Crippen LogP contribution in [0.2, 0.25) is 0 Å². The quantitative estimate of drug-likeness (QED) is 0.721. The molecule has 1 aromatic carbocycles. The topological polar surface area (TPSA) is 36.0 Å². The van der Waals surface area contributed by atoms with Crippen LogP contribution in [0.3, 0.4) is 0 Å². The highest BCUT2D eigenvalue weighted by Crippen LogP contribution is 2.51. The molecule has 3 aliphatic rings. The van der Waals surface area contributed by atoms with E-state index < -0.39 is 5.60 Å². The van der Waals surface area contributed by atoms with E-state index in [2.05, 4.69) is 36.0 Å². The summed E-state index contributed by atoms with van der Waals surface area (Å²) in [5.74, 6) is 1.56. The summed E-state index contributed by atoms with van der Waals surface area (Å²) in [5.41, 5.74) is 3.66. The Balaban J connectivity index is 1.67. The number of benzene rings is 1. The monoisotopic (exact) mass is 389 g/mol. The SMILES string of the molecule is CN(C)c1cc2c3c(c1)C1CN(C(=O)OC(C)(C)C)CCC1N3CCCS2. The number of hydrogen-bond donors (Lipinski definition) is 0. The normalized spacial score (nSPS) is 24.2. The van der Waals surface area contributed by atoms with Crippen molar-refractivity contribution in [2.24, 2.45) is 0 Å². The number of fused-ring (bicyclic) bond motifs is 3. The summed E-state index contributed by atoms with van der Waals surface area (Å²) in [4.78, 5) is 20.8. The molecular formula is C21H31N3O2S. The Hall–Kier alpha value is -1.56. The van der Waals surface area contributed by atoms with Gasteiger partial charge < -0.3 is 19.4 Å². The summed E-state index contributed by atoms with van der Waals surface area (Å²) in [6.07, 6.45) is 2.06. The fraction of sp³-hybridized carbons (Fsp3) is 0.667. The summed E-state index contributed by atoms with van der Waals surface area (Å²) in [7, 11) is 4.21. The number of thioether (sulfide) groups is 1. The molecule has 3 heterocycles. The second kappa shape index (κ2) is 6.80. The average molecular weight is 390 g/mol. The van der Waals surface area contributed by atoms with Crippen LogP contribution in [0, 0.1) is 0 Å². The molecule has 1 fully saturated rings. The zero-order valence-electron chi connectivity index (χ0n) is 17.1. The molecule has 0 saturated carbocycles. The maximum absolute atomic E-state index is 12.7. The Morgan fingerprint density at radius 2 is 2.04 bits per heavy atom. The first-order valence-corrected chi connectivity index (χ1v) is 11.0. The molecule has 1 aromatic rings. The zero-order chi connectivity index (χ0) is 19.3. The Kier molecular flexibility index (Phi) is 4.73. The third-order valence-corrected chi connectivity index (χ3v) is 6.84. The molecule has 0 spiro atoms. The Morgan fingerprint density at radius 1 is 1.26 bits per heavy atom. The number of rotatable bonds is 1. The van der Waals surface area contributed by atoms with Gasteiger partial charge in [0.2, 0.25) is 0 Å². The van der Waals surface area contributed by atoms with Crippen LogP contribution in [0.5, 0.6) is 0 Å². The van der Waals surface area contributed by atoms with Gasteiger partial charge in [0.1, 0.15) is 5.60 Å². The van der Waals surface area contributed by atoms with Crippen LogP contribution in [0.15, 0.2) is 17.0 Å². The van der Waals surface area contributed by atoms with Crippen molar-refractivity contribution in [1.82, 2.24) is 4.90 Å². The standard InChI is InChI=1S/C21H31N3O2S/c1-21(2,3)26-20(25)23-9-7-17-16(13-23)15-11-14(22(4)5)12-18-19(15)24(17)8-6-10-27-18/h11-12,16-17H,6-10,13H2,1-5H3. The number of hydrogen-bond acceptors (Lipinski definition) is 5. The first-order valence-electron chi connectivity index (χ1n) is 9.97. The van der Waals surface area contributed by atoms with Gasteiger partial charge in [0, 0.05) is 56.3 Å². The van der Waals surface area contributed by atoms with Crippen molar-refractivity contribution >= 4 is 29.2 Å². The molecule has 1 saturated heterocycles. The minimum absolute atomic E-state index is 0.175. The summed E-state index contributed by atoms with van der Waals surface area (Å²) in [6.45, 7) is 8.46. The van der Waals surface area contributed by atoms with Gasteiger partial charge in [-0.2, -0.15) is 0 Å². The summed E-state index contributed by atoms with van der Waals surface area (Å²) in [6, 6.07) is 5.19. The summed E-state index contributed by atoms with van der Waals surface area (Å²) < 4.78 is 5.65. The van der Waals surface area contributed by atoms with Gasteiger partial charge in [0.05, 0.1) is 5.69 Å². The predicted molar refractivity (Wildman–Crippen MR) is 112 cm³/mol. The number of nitrogens with zero attached hydrogens (tertiary/aromatic N) is 3. The van der Waals surface area contributed by atoms with E-state index in [9.17, 15) is 4.79 Å². The lowest BCUT2D eigenvalue weighted by Crippen LogP contribution is -2.49. The lowest BCUT2D eigenvalue weighted by atomic mass is 9.89. The molecule has 0 aromatic heterocycles. The van der Waals surface area contributed by atoms with Crippen LogP contribution >= 0.6 is 11.8 Å². The molecule has 148 valence electrons. The summed E-state index contributed by atoms with van der Waals surface area (Å²) >= 11 is 1.99. The van der Waals surface area contributed by atoms with Crippen molar-refractivity contribution < 1.29 is 9.53 Å². The molecule has 4 rings (SSSR count). The highest BCUT2D eigenvalue weighted by molar-refractivity contribution is 7.99. The second-order valence-electron chi connectivity index (χ2n) is 9.06. The molecule has 0 bridgehead atoms. The zero-order valence-corrected chi connectivity index (χ0v) is 17.9. The number of amides is 1. The van der Waals surface area contributed by atoms with Crippen molar-refractivity contribution in [3.63, 3.8) is 0 Å². The number of ether oxygens (including phenoxy) is 1. The number of piperidine rings is 1. The van der Waals surface area contributed by atoms with Crippen LogP contribution in [0.25, 0.3) is 0 Å². The van der Waals surface area contributed by atoms with E-state index in [1.165, 1.54) is 34.0 Å². The van der Waals surface area contributed by atoms with Gasteiger partial charge in [0.25, 0.3) is 0 Å². The predicted octanol–water partition coefficient (Wildman–Crippen LogP) is 4.16. The minimum atomic E-state index is -0.448. The molecule has 2 atom stereocenters. The fourth-order valence-electron chi connectivity index (χ4n) is 4.54. The molecule has 1 amide bonds. The van der Waals surface area contributed by atoms with E-state index in [1.54, 1.807) is 0 Å². The van der Waals surface area contributed by atoms with Crippen molar-refractivity contribution in [3.05, 3.63) is 17.7 Å². The van der Waals surface area contributed by atoms with E-state index in [-0.39, 0.29) is 6.09 Å². The third-order valence-electron chi connectivity index (χ3n) is 5.72. The number of carbonyl (C=O) groups excluding carboxylic acids is 1. The molecule has 6 heteroatoms. The molecule has 0 radical (unpaired) electrons. The van der Waals surface area contributed by atoms with Gasteiger partial charge in [-0.25, -0.2) is 4.79 Å². The Bertz CT molecular complexity index is 744. The average Bonchev–Trinajstić information content (AvgIpc) is 2.74. The molecule has 2 unspecified atom stereocenters. The minimum Gasteiger partial charge on any atom is -0.444 e. The van der Waals surface area contributed by atoms with Gasteiger partial charge in [-0.1, -0.05) is 0 Å². The van der Waals surface area contributed by atoms with Crippen molar-refractivity contribution in [1.29, 1.82) is 0 Å². The van der Waals surface area contributed by atoms with E-state index >= 15 is 0 Å². The first kappa shape index (κ1) is 18.8. The van der Waals surface area contributed by atoms with Crippen molar-refractivity contribution in [3.8, 4) is 0 Å². The second-order valence-corrected chi connectivity index (χ2v) is 10.2. The van der Waals surface area contributed by atoms with E-state index in [4.69, 9.17) is 4.74 Å². The smallest absolute Gasteiger partial charge is 0.410 e. The van der Waals surface area contributed by atoms with Gasteiger partial charge in [-0.3, -0.25) is 0 Å². The largest absolute Gasteiger partial charge is 0.444 e. The number of anilines is 2. The molecular weight excluding hydrogens is 358 g/mol. The van der Waals surface area contributed by atoms with Gasteiger partial charge >= 0.3 is 6.09 Å². The van der Waals surface area contributed by atoms with Crippen LogP contribution in [0.4, 0.5) is 16.2 Å². The lowest BCUT2D eigenvalue weighted by molar-refractivity contribution is 0.0189. The fourth-order valence-corrected chi connectivity index (χ4v) is 5.61. The van der Waals surface area contributed by atoms with E-state index in [0.717, 1.165) is 26.1 Å². The highest BCUT2D eigenvalue weighted by Gasteiger charge is 2.45. The maximum atomic E-state index is 12.7. The third kappa shape index (κ3) is 3.48. The van der Waals surface area contributed by atoms with E-state index in [1.807, 2.05) is 37.4 Å². The first-order chi connectivity index (χ1) is 12.7. The maximum Gasteiger partial charge on any atom is 0.410 e. The Labute approximate surface area is 167 Å². The van der Waals surface area contributed by atoms with Gasteiger partial charge in [-0.05, 0) is 57.1 Å². The molecule has 3 aliphatic heterocycles.